The number of ether oxygens (including phenoxy) is 1. The van der Waals surface area contributed by atoms with Crippen LogP contribution in [0.2, 0.25) is 0 Å². The second kappa shape index (κ2) is 6.29. The van der Waals surface area contributed by atoms with Gasteiger partial charge in [-0.3, -0.25) is 4.99 Å². The molecule has 0 spiro atoms. The van der Waals surface area contributed by atoms with E-state index >= 15 is 0 Å². The Morgan fingerprint density at radius 3 is 2.70 bits per heavy atom. The first-order valence-electron chi connectivity index (χ1n) is 6.55. The second-order valence-corrected chi connectivity index (χ2v) is 4.54. The quantitative estimate of drug-likeness (QED) is 0.434. The summed E-state index contributed by atoms with van der Waals surface area (Å²) >= 11 is 0. The Balaban J connectivity index is 2.16. The summed E-state index contributed by atoms with van der Waals surface area (Å²) in [7, 11) is 0. The average Bonchev–Trinajstić information content (AvgIpc) is 2.51. The van der Waals surface area contributed by atoms with E-state index in [4.69, 9.17) is 11.3 Å². The van der Waals surface area contributed by atoms with Crippen LogP contribution in [0.3, 0.4) is 0 Å². The maximum absolute atomic E-state index is 9.93. The Kier molecular flexibility index (Phi) is 4.24. The van der Waals surface area contributed by atoms with Crippen molar-refractivity contribution in [2.45, 2.75) is 30.6 Å². The number of para-hydroxylation sites is 1. The fourth-order valence-electron chi connectivity index (χ4n) is 2.00. The van der Waals surface area contributed by atoms with Crippen LogP contribution in [0, 0.1) is 0 Å². The topological polar surface area (TPSA) is 123 Å². The van der Waals surface area contributed by atoms with Crippen LogP contribution in [0.1, 0.15) is 5.56 Å². The van der Waals surface area contributed by atoms with Gasteiger partial charge in [-0.25, -0.2) is 0 Å². The van der Waals surface area contributed by atoms with E-state index in [2.05, 4.69) is 10.1 Å². The lowest BCUT2D eigenvalue weighted by Crippen LogP contribution is -2.57. The SMILES string of the molecule is [2H]Oc1ccccc1C=N[C@H]1C(O)O[C@H](CO)[C@@H](O)[C@@H]1O. The summed E-state index contributed by atoms with van der Waals surface area (Å²) in [6.45, 7) is -0.527. The Morgan fingerprint density at radius 2 is 2.00 bits per heavy atom. The molecule has 1 aliphatic rings. The lowest BCUT2D eigenvalue weighted by atomic mass is 9.97. The van der Waals surface area contributed by atoms with Crippen LogP contribution >= 0.6 is 0 Å². The fraction of sp³-hybridized carbons (Fsp3) is 0.462. The maximum Gasteiger partial charge on any atom is 0.293 e. The van der Waals surface area contributed by atoms with Crippen LogP contribution in [0.25, 0.3) is 0 Å². The van der Waals surface area contributed by atoms with Gasteiger partial charge < -0.3 is 30.3 Å². The first-order chi connectivity index (χ1) is 10.1. The number of aliphatic hydroxyl groups excluding tert-OH is 4. The van der Waals surface area contributed by atoms with Gasteiger partial charge in [0.2, 0.25) is 0 Å². The molecule has 5 atom stereocenters. The summed E-state index contributed by atoms with van der Waals surface area (Å²) in [6, 6.07) is 5.49. The molecule has 1 heterocycles. The van der Waals surface area contributed by atoms with Gasteiger partial charge in [-0.15, -0.1) is 0 Å². The summed E-state index contributed by atoms with van der Waals surface area (Å²) in [5, 5.41) is 42.8. The monoisotopic (exact) mass is 284 g/mol. The number of hydrogen-bond acceptors (Lipinski definition) is 7. The van der Waals surface area contributed by atoms with Gasteiger partial charge in [0.25, 0.3) is 1.43 Å². The minimum atomic E-state index is -1.46. The summed E-state index contributed by atoms with van der Waals surface area (Å²) in [5.41, 5.74) is 0.477. The Labute approximate surface area is 116 Å². The molecule has 7 heteroatoms. The van der Waals surface area contributed by atoms with E-state index in [0.29, 0.717) is 5.56 Å². The van der Waals surface area contributed by atoms with Gasteiger partial charge >= 0.3 is 0 Å². The first-order valence-corrected chi connectivity index (χ1v) is 6.14. The number of phenolic OH excluding ortho intramolecular Hbond substituents is 1. The molecule has 0 saturated carbocycles. The molecule has 2 rings (SSSR count). The number of aliphatic hydroxyl groups is 4. The van der Waals surface area contributed by atoms with E-state index in [-0.39, 0.29) is 5.75 Å². The van der Waals surface area contributed by atoms with Gasteiger partial charge in [-0.2, -0.15) is 0 Å². The predicted octanol–water partition coefficient (Wildman–Crippen LogP) is -1.39. The van der Waals surface area contributed by atoms with Crippen molar-refractivity contribution in [3.63, 3.8) is 0 Å². The van der Waals surface area contributed by atoms with Crippen LogP contribution in [0.4, 0.5) is 0 Å². The third-order valence-corrected chi connectivity index (χ3v) is 3.17. The van der Waals surface area contributed by atoms with Gasteiger partial charge in [0.1, 0.15) is 30.1 Å². The number of benzene rings is 1. The molecule has 0 aromatic heterocycles. The van der Waals surface area contributed by atoms with Crippen molar-refractivity contribution < 1.29 is 30.3 Å². The van der Waals surface area contributed by atoms with Crippen LogP contribution in [0.5, 0.6) is 5.75 Å². The van der Waals surface area contributed by atoms with Crippen molar-refractivity contribution in [3.8, 4) is 5.75 Å². The molecule has 1 aromatic rings. The van der Waals surface area contributed by atoms with E-state index in [1.807, 2.05) is 0 Å². The summed E-state index contributed by atoms with van der Waals surface area (Å²) < 4.78 is 11.9. The molecule has 0 radical (unpaired) electrons. The van der Waals surface area contributed by atoms with E-state index in [0.717, 1.165) is 0 Å². The zero-order chi connectivity index (χ0) is 15.4. The molecule has 20 heavy (non-hydrogen) atoms. The van der Waals surface area contributed by atoms with Gasteiger partial charge in [0.05, 0.1) is 6.61 Å². The van der Waals surface area contributed by atoms with Crippen molar-refractivity contribution in [3.05, 3.63) is 29.8 Å². The number of aliphatic imine (C=N–C) groups is 1. The Morgan fingerprint density at radius 1 is 1.25 bits per heavy atom. The molecule has 7 nitrogen and oxygen atoms in total. The van der Waals surface area contributed by atoms with Crippen molar-refractivity contribution >= 4 is 6.21 Å². The average molecular weight is 284 g/mol. The highest BCUT2D eigenvalue weighted by molar-refractivity contribution is 5.83. The van der Waals surface area contributed by atoms with Crippen LogP contribution in [-0.2, 0) is 4.74 Å². The largest absolute Gasteiger partial charge is 0.507 e. The normalized spacial score (nSPS) is 35.0. The number of hydrogen-bond donors (Lipinski definition) is 5. The minimum absolute atomic E-state index is 0.260. The number of nitrogens with zero attached hydrogens (tertiary/aromatic N) is 1. The van der Waals surface area contributed by atoms with Crippen LogP contribution in [-0.4, -0.2) is 70.4 Å². The highest BCUT2D eigenvalue weighted by Gasteiger charge is 2.43. The van der Waals surface area contributed by atoms with Crippen LogP contribution in [0.15, 0.2) is 29.3 Å². The van der Waals surface area contributed by atoms with E-state index in [1.165, 1.54) is 6.21 Å². The molecule has 1 aromatic carbocycles. The van der Waals surface area contributed by atoms with Crippen LogP contribution < -0.4 is 0 Å². The number of aromatic hydroxyl groups is 1. The standard InChI is InChI=1S/C13H17NO6/c15-6-9-11(17)12(18)10(13(19)20-9)14-5-7-3-1-2-4-8(7)16/h1-5,9-13,15-19H,6H2/t9-,10-,11-,12-,13?/m1/s1/i/hD. The van der Waals surface area contributed by atoms with Crippen molar-refractivity contribution in [2.24, 2.45) is 4.99 Å². The molecular weight excluding hydrogens is 266 g/mol. The lowest BCUT2D eigenvalue weighted by molar-refractivity contribution is -0.248. The molecule has 0 aliphatic carbocycles. The second-order valence-electron chi connectivity index (χ2n) is 4.54. The molecule has 1 unspecified atom stereocenters. The van der Waals surface area contributed by atoms with E-state index in [1.54, 1.807) is 24.3 Å². The zero-order valence-electron chi connectivity index (χ0n) is 11.5. The highest BCUT2D eigenvalue weighted by Crippen LogP contribution is 2.22. The highest BCUT2D eigenvalue weighted by atomic mass is 16.6. The summed E-state index contributed by atoms with van der Waals surface area (Å²) in [6.07, 6.45) is -3.95. The Hall–Kier alpha value is -1.51. The van der Waals surface area contributed by atoms with Gasteiger partial charge in [-0.1, -0.05) is 12.1 Å². The third kappa shape index (κ3) is 2.97. The predicted molar refractivity (Wildman–Crippen MR) is 69.5 cm³/mol. The minimum Gasteiger partial charge on any atom is -0.507 e. The van der Waals surface area contributed by atoms with E-state index < -0.39 is 37.3 Å². The fourth-order valence-corrected chi connectivity index (χ4v) is 2.00. The first kappa shape index (κ1) is 13.5. The Bertz CT molecular complexity index is 499. The molecule has 1 fully saturated rings. The number of rotatable bonds is 4. The maximum atomic E-state index is 9.93. The summed E-state index contributed by atoms with van der Waals surface area (Å²) in [5.74, 6) is 0.260. The zero-order valence-corrected chi connectivity index (χ0v) is 10.5. The molecule has 0 amide bonds. The molecule has 5 N–H and O–H groups in total. The molecule has 110 valence electrons. The van der Waals surface area contributed by atoms with Crippen molar-refractivity contribution in [2.75, 3.05) is 6.61 Å². The third-order valence-electron chi connectivity index (χ3n) is 3.17. The van der Waals surface area contributed by atoms with E-state index in [9.17, 15) is 15.3 Å². The van der Waals surface area contributed by atoms with Gasteiger partial charge in [0.15, 0.2) is 6.29 Å². The summed E-state index contributed by atoms with van der Waals surface area (Å²) in [4.78, 5) is 3.99. The molecule has 0 bridgehead atoms. The van der Waals surface area contributed by atoms with Gasteiger partial charge in [-0.05, 0) is 12.1 Å². The van der Waals surface area contributed by atoms with Crippen molar-refractivity contribution in [1.29, 1.82) is 1.43 Å². The van der Waals surface area contributed by atoms with Crippen molar-refractivity contribution in [1.82, 2.24) is 0 Å². The smallest absolute Gasteiger partial charge is 0.293 e. The molecule has 1 saturated heterocycles. The van der Waals surface area contributed by atoms with Gasteiger partial charge in [0, 0.05) is 11.8 Å². The lowest BCUT2D eigenvalue weighted by Gasteiger charge is -2.38. The molecule has 1 aliphatic heterocycles. The number of phenols is 1. The molecular formula is C13H17NO6.